The zero-order valence-corrected chi connectivity index (χ0v) is 12.6. The van der Waals surface area contributed by atoms with Crippen molar-refractivity contribution in [3.63, 3.8) is 0 Å². The van der Waals surface area contributed by atoms with Crippen molar-refractivity contribution in [3.05, 3.63) is 23.5 Å². The third-order valence-electron chi connectivity index (χ3n) is 2.33. The molecule has 0 unspecified atom stereocenters. The predicted molar refractivity (Wildman–Crippen MR) is 76.7 cm³/mol. The largest absolute Gasteiger partial charge is 0.243 e. The highest BCUT2D eigenvalue weighted by Gasteiger charge is 2.17. The summed E-state index contributed by atoms with van der Waals surface area (Å²) >= 11 is 7.56. The molecule has 1 N–H and O–H groups in total. The van der Waals surface area contributed by atoms with Crippen molar-refractivity contribution in [2.75, 3.05) is 18.6 Å². The van der Waals surface area contributed by atoms with Crippen molar-refractivity contribution in [1.82, 2.24) is 9.71 Å². The molecule has 0 aromatic carbocycles. The van der Waals surface area contributed by atoms with Crippen molar-refractivity contribution < 1.29 is 8.42 Å². The van der Waals surface area contributed by atoms with Crippen LogP contribution < -0.4 is 4.72 Å². The third kappa shape index (κ3) is 5.14. The molecule has 1 heterocycles. The molecule has 0 bridgehead atoms. The summed E-state index contributed by atoms with van der Waals surface area (Å²) in [6, 6.07) is 3.00. The van der Waals surface area contributed by atoms with E-state index in [-0.39, 0.29) is 10.0 Å². The molecule has 102 valence electrons. The highest BCUT2D eigenvalue weighted by Crippen LogP contribution is 2.17. The van der Waals surface area contributed by atoms with Gasteiger partial charge in [-0.15, -0.1) is 0 Å². The van der Waals surface area contributed by atoms with Crippen LogP contribution in [0, 0.1) is 0 Å². The van der Waals surface area contributed by atoms with Crippen LogP contribution in [-0.2, 0) is 10.0 Å². The summed E-state index contributed by atoms with van der Waals surface area (Å²) in [5, 5.41) is 0.00684. The first kappa shape index (κ1) is 15.8. The number of pyridine rings is 1. The first-order valence-corrected chi connectivity index (χ1v) is 8.92. The van der Waals surface area contributed by atoms with Crippen LogP contribution in [0.3, 0.4) is 0 Å². The van der Waals surface area contributed by atoms with Gasteiger partial charge in [0, 0.05) is 12.7 Å². The lowest BCUT2D eigenvalue weighted by Gasteiger charge is -2.07. The molecule has 7 heteroatoms. The molecule has 0 fully saturated rings. The number of halogens is 1. The van der Waals surface area contributed by atoms with Crippen LogP contribution in [-0.4, -0.2) is 32.0 Å². The summed E-state index contributed by atoms with van der Waals surface area (Å²) in [5.41, 5.74) is 0. The Morgan fingerprint density at radius 2 is 2.17 bits per heavy atom. The number of sulfonamides is 1. The number of rotatable bonds is 8. The van der Waals surface area contributed by atoms with Gasteiger partial charge in [0.2, 0.25) is 10.0 Å². The molecule has 0 amide bonds. The molecule has 0 radical (unpaired) electrons. The Morgan fingerprint density at radius 3 is 2.83 bits per heavy atom. The van der Waals surface area contributed by atoms with E-state index >= 15 is 0 Å². The quantitative estimate of drug-likeness (QED) is 0.592. The Morgan fingerprint density at radius 1 is 1.39 bits per heavy atom. The van der Waals surface area contributed by atoms with Crippen LogP contribution in [0.2, 0.25) is 5.15 Å². The second-order valence-electron chi connectivity index (χ2n) is 3.74. The molecule has 4 nitrogen and oxygen atoms in total. The smallest absolute Gasteiger partial charge is 0.243 e. The van der Waals surface area contributed by atoms with Crippen molar-refractivity contribution in [1.29, 1.82) is 0 Å². The highest BCUT2D eigenvalue weighted by atomic mass is 35.5. The number of thioether (sulfide) groups is 1. The lowest BCUT2D eigenvalue weighted by Crippen LogP contribution is -2.25. The Kier molecular flexibility index (Phi) is 6.99. The number of nitrogens with zero attached hydrogens (tertiary/aromatic N) is 1. The minimum absolute atomic E-state index is 0.00684. The van der Waals surface area contributed by atoms with Crippen LogP contribution in [0.5, 0.6) is 0 Å². The molecular formula is C11H17ClN2O2S2. The van der Waals surface area contributed by atoms with E-state index in [2.05, 4.69) is 16.0 Å². The molecule has 0 saturated carbocycles. The molecule has 0 saturated heterocycles. The number of unbranched alkanes of at least 4 members (excludes halogenated alkanes) is 2. The van der Waals surface area contributed by atoms with Gasteiger partial charge < -0.3 is 0 Å². The van der Waals surface area contributed by atoms with Gasteiger partial charge in [-0.1, -0.05) is 18.0 Å². The Balaban J connectivity index is 2.44. The highest BCUT2D eigenvalue weighted by molar-refractivity contribution is 7.98. The number of nitrogens with one attached hydrogen (secondary N) is 1. The first-order chi connectivity index (χ1) is 8.58. The van der Waals surface area contributed by atoms with Gasteiger partial charge in [0.05, 0.1) is 0 Å². The van der Waals surface area contributed by atoms with Gasteiger partial charge in [-0.05, 0) is 37.0 Å². The summed E-state index contributed by atoms with van der Waals surface area (Å²) in [5.74, 6) is 1.11. The van der Waals surface area contributed by atoms with Gasteiger partial charge in [-0.25, -0.2) is 18.1 Å². The second kappa shape index (κ2) is 7.99. The van der Waals surface area contributed by atoms with E-state index in [9.17, 15) is 8.42 Å². The van der Waals surface area contributed by atoms with E-state index in [0.29, 0.717) is 6.54 Å². The van der Waals surface area contributed by atoms with Crippen LogP contribution in [0.4, 0.5) is 0 Å². The van der Waals surface area contributed by atoms with Crippen LogP contribution in [0.1, 0.15) is 19.3 Å². The fourth-order valence-electron chi connectivity index (χ4n) is 1.40. The maximum absolute atomic E-state index is 11.9. The fraction of sp³-hybridized carbons (Fsp3) is 0.545. The van der Waals surface area contributed by atoms with Gasteiger partial charge in [0.15, 0.2) is 0 Å². The first-order valence-electron chi connectivity index (χ1n) is 5.67. The molecular weight excluding hydrogens is 292 g/mol. The van der Waals surface area contributed by atoms with Crippen LogP contribution >= 0.6 is 23.4 Å². The van der Waals surface area contributed by atoms with Crippen molar-refractivity contribution in [3.8, 4) is 0 Å². The maximum Gasteiger partial charge on any atom is 0.243 e. The SMILES string of the molecule is CSCCCCCNS(=O)(=O)c1cccnc1Cl. The van der Waals surface area contributed by atoms with Gasteiger partial charge >= 0.3 is 0 Å². The molecule has 0 aliphatic heterocycles. The summed E-state index contributed by atoms with van der Waals surface area (Å²) in [6.45, 7) is 0.432. The average Bonchev–Trinajstić information content (AvgIpc) is 2.34. The summed E-state index contributed by atoms with van der Waals surface area (Å²) in [4.78, 5) is 3.80. The Hall–Kier alpha value is -0.300. The summed E-state index contributed by atoms with van der Waals surface area (Å²) in [6.07, 6.45) is 6.48. The van der Waals surface area contributed by atoms with E-state index in [1.165, 1.54) is 12.3 Å². The second-order valence-corrected chi connectivity index (χ2v) is 6.82. The van der Waals surface area contributed by atoms with Crippen molar-refractivity contribution in [2.45, 2.75) is 24.2 Å². The van der Waals surface area contributed by atoms with Crippen LogP contribution in [0.15, 0.2) is 23.2 Å². The average molecular weight is 309 g/mol. The number of aromatic nitrogens is 1. The molecule has 0 atom stereocenters. The lowest BCUT2D eigenvalue weighted by atomic mass is 10.2. The number of hydrogen-bond donors (Lipinski definition) is 1. The third-order valence-corrected chi connectivity index (χ3v) is 4.93. The standard InChI is InChI=1S/C11H17ClN2O2S2/c1-17-9-4-2-3-8-14-18(15,16)10-6-5-7-13-11(10)12/h5-7,14H,2-4,8-9H2,1H3. The zero-order valence-electron chi connectivity index (χ0n) is 10.2. The molecule has 0 spiro atoms. The molecule has 1 aromatic rings. The van der Waals surface area contributed by atoms with Gasteiger partial charge in [-0.2, -0.15) is 11.8 Å². The van der Waals surface area contributed by atoms with Crippen LogP contribution in [0.25, 0.3) is 0 Å². The minimum Gasteiger partial charge on any atom is -0.243 e. The van der Waals surface area contributed by atoms with Gasteiger partial charge in [0.1, 0.15) is 10.0 Å². The maximum atomic E-state index is 11.9. The van der Waals surface area contributed by atoms with E-state index < -0.39 is 10.0 Å². The summed E-state index contributed by atoms with van der Waals surface area (Å²) in [7, 11) is -3.53. The Bertz CT molecular complexity index is 466. The topological polar surface area (TPSA) is 59.1 Å². The zero-order chi connectivity index (χ0) is 13.4. The molecule has 0 aliphatic carbocycles. The molecule has 0 aliphatic rings. The number of hydrogen-bond acceptors (Lipinski definition) is 4. The molecule has 18 heavy (non-hydrogen) atoms. The lowest BCUT2D eigenvalue weighted by molar-refractivity contribution is 0.576. The normalized spacial score (nSPS) is 11.7. The van der Waals surface area contributed by atoms with Crippen molar-refractivity contribution in [2.24, 2.45) is 0 Å². The molecule has 1 rings (SSSR count). The van der Waals surface area contributed by atoms with E-state index in [0.717, 1.165) is 25.0 Å². The van der Waals surface area contributed by atoms with Gasteiger partial charge in [0.25, 0.3) is 0 Å². The monoisotopic (exact) mass is 308 g/mol. The van der Waals surface area contributed by atoms with E-state index in [1.807, 2.05) is 0 Å². The van der Waals surface area contributed by atoms with E-state index in [4.69, 9.17) is 11.6 Å². The molecule has 1 aromatic heterocycles. The predicted octanol–water partition coefficient (Wildman–Crippen LogP) is 2.55. The minimum atomic E-state index is -3.53. The fourth-order valence-corrected chi connectivity index (χ4v) is 3.42. The van der Waals surface area contributed by atoms with E-state index in [1.54, 1.807) is 17.8 Å². The summed E-state index contributed by atoms with van der Waals surface area (Å²) < 4.78 is 26.3. The van der Waals surface area contributed by atoms with Gasteiger partial charge in [-0.3, -0.25) is 0 Å². The van der Waals surface area contributed by atoms with Crippen molar-refractivity contribution >= 4 is 33.4 Å². The Labute approximate surface area is 118 Å².